The second kappa shape index (κ2) is 4.74. The first-order valence-electron chi connectivity index (χ1n) is 6.37. The molecule has 0 aromatic rings. The second-order valence-electron chi connectivity index (χ2n) is 5.95. The first-order valence-corrected chi connectivity index (χ1v) is 9.43. The van der Waals surface area contributed by atoms with Crippen molar-refractivity contribution in [2.75, 3.05) is 0 Å². The Balaban J connectivity index is 2.45. The van der Waals surface area contributed by atoms with Gasteiger partial charge in [-0.3, -0.25) is 9.12 Å². The zero-order valence-electron chi connectivity index (χ0n) is 11.2. The smallest absolute Gasteiger partial charge is 0.349 e. The van der Waals surface area contributed by atoms with E-state index in [2.05, 4.69) is 5.32 Å². The van der Waals surface area contributed by atoms with Crippen molar-refractivity contribution in [3.05, 3.63) is 0 Å². The van der Waals surface area contributed by atoms with Gasteiger partial charge in [0.1, 0.15) is 0 Å². The Bertz CT molecular complexity index is 546. The van der Waals surface area contributed by atoms with Gasteiger partial charge < -0.3 is 20.2 Å². The molecule has 0 aromatic heterocycles. The van der Waals surface area contributed by atoms with Crippen LogP contribution in [-0.4, -0.2) is 50.5 Å². The number of hydrogen-bond acceptors (Lipinski definition) is 5. The van der Waals surface area contributed by atoms with Crippen molar-refractivity contribution in [1.29, 1.82) is 0 Å². The summed E-state index contributed by atoms with van der Waals surface area (Å²) in [7, 11) is -9.99. The van der Waals surface area contributed by atoms with Crippen molar-refractivity contribution < 1.29 is 32.4 Å². The number of piperidine rings is 1. The van der Waals surface area contributed by atoms with Crippen LogP contribution in [0.3, 0.4) is 0 Å². The summed E-state index contributed by atoms with van der Waals surface area (Å²) in [4.78, 5) is 18.9. The lowest BCUT2D eigenvalue weighted by Gasteiger charge is -2.40. The Morgan fingerprint density at radius 2 is 1.80 bits per heavy atom. The Hall–Kier alpha value is -0.0200. The molecule has 0 amide bonds. The molecule has 20 heavy (non-hydrogen) atoms. The average molecular weight is 329 g/mol. The van der Waals surface area contributed by atoms with Crippen LogP contribution in [0.15, 0.2) is 0 Å². The van der Waals surface area contributed by atoms with Gasteiger partial charge in [-0.2, -0.15) is 8.42 Å². The van der Waals surface area contributed by atoms with Crippen LogP contribution in [0.2, 0.25) is 0 Å². The van der Waals surface area contributed by atoms with Crippen LogP contribution in [0.5, 0.6) is 0 Å². The van der Waals surface area contributed by atoms with Crippen LogP contribution in [0, 0.1) is 11.8 Å². The molecular weight excluding hydrogens is 309 g/mol. The third kappa shape index (κ3) is 2.25. The fourth-order valence-corrected chi connectivity index (χ4v) is 6.45. The number of nitrogens with one attached hydrogen (secondary N) is 1. The molecule has 8 nitrogen and oxygen atoms in total. The molecule has 2 rings (SSSR count). The van der Waals surface area contributed by atoms with E-state index >= 15 is 0 Å². The van der Waals surface area contributed by atoms with Gasteiger partial charge in [-0.25, -0.2) is 0 Å². The maximum Gasteiger partial charge on any atom is 0.349 e. The van der Waals surface area contributed by atoms with Crippen molar-refractivity contribution in [2.24, 2.45) is 11.8 Å². The van der Waals surface area contributed by atoms with Crippen LogP contribution < -0.4 is 5.32 Å². The minimum Gasteiger partial charge on any atom is -0.391 e. The Labute approximate surface area is 117 Å². The van der Waals surface area contributed by atoms with Gasteiger partial charge in [0.25, 0.3) is 10.1 Å². The fourth-order valence-electron chi connectivity index (χ4n) is 3.57. The van der Waals surface area contributed by atoms with Crippen molar-refractivity contribution in [1.82, 2.24) is 5.32 Å². The summed E-state index contributed by atoms with van der Waals surface area (Å²) < 4.78 is 41.7. The molecule has 1 heterocycles. The molecule has 10 heteroatoms. The summed E-state index contributed by atoms with van der Waals surface area (Å²) in [5.41, 5.74) is 0. The third-order valence-electron chi connectivity index (χ3n) is 4.82. The van der Waals surface area contributed by atoms with E-state index in [0.29, 0.717) is 0 Å². The Morgan fingerprint density at radius 3 is 2.25 bits per heavy atom. The van der Waals surface area contributed by atoms with Gasteiger partial charge in [0, 0.05) is 12.1 Å². The summed E-state index contributed by atoms with van der Waals surface area (Å²) >= 11 is 0. The predicted octanol–water partition coefficient (Wildman–Crippen LogP) is -0.485. The summed E-state index contributed by atoms with van der Waals surface area (Å²) in [6, 6.07) is -0.766. The molecule has 1 saturated heterocycles. The zero-order valence-corrected chi connectivity index (χ0v) is 12.9. The van der Waals surface area contributed by atoms with E-state index in [0.717, 1.165) is 0 Å². The molecule has 0 aromatic carbocycles. The molecule has 5 N–H and O–H groups in total. The molecular formula is C10H20NO7PS. The highest BCUT2D eigenvalue weighted by atomic mass is 32.2. The van der Waals surface area contributed by atoms with Gasteiger partial charge in [-0.1, -0.05) is 6.92 Å². The van der Waals surface area contributed by atoms with E-state index in [1.165, 1.54) is 0 Å². The van der Waals surface area contributed by atoms with Gasteiger partial charge in [0.15, 0.2) is 4.49 Å². The van der Waals surface area contributed by atoms with E-state index in [4.69, 9.17) is 0 Å². The van der Waals surface area contributed by atoms with Crippen LogP contribution in [0.25, 0.3) is 0 Å². The maximum absolute atomic E-state index is 11.7. The average Bonchev–Trinajstić information content (AvgIpc) is 2.65. The number of aliphatic hydroxyl groups is 1. The minimum absolute atomic E-state index is 0.305. The summed E-state index contributed by atoms with van der Waals surface area (Å²) in [5.74, 6) is -0.734. The number of hydrogen-bond donors (Lipinski definition) is 5. The van der Waals surface area contributed by atoms with Crippen LogP contribution >= 0.6 is 7.60 Å². The maximum atomic E-state index is 11.7. The summed E-state index contributed by atoms with van der Waals surface area (Å²) in [6.45, 7) is 3.45. The summed E-state index contributed by atoms with van der Waals surface area (Å²) in [5, 5.41) is 13.0. The second-order valence-corrected chi connectivity index (χ2v) is 9.93. The zero-order chi connectivity index (χ0) is 15.5. The molecule has 0 radical (unpaired) electrons. The Morgan fingerprint density at radius 1 is 1.25 bits per heavy atom. The van der Waals surface area contributed by atoms with Crippen LogP contribution in [-0.2, 0) is 14.7 Å². The number of fused-ring (bicyclic) bond motifs is 1. The highest BCUT2D eigenvalue weighted by molar-refractivity contribution is 7.95. The molecule has 2 aliphatic rings. The molecule has 1 aliphatic carbocycles. The molecule has 0 bridgehead atoms. The first kappa shape index (κ1) is 16.4. The molecule has 3 unspecified atom stereocenters. The molecule has 118 valence electrons. The largest absolute Gasteiger partial charge is 0.391 e. The standard InChI is InChI=1S/C10H20NO7PS/c1-5-7-3-10(19(13,14)15,20(16,17)18)4-8(7)11-6(2)9(5)12/h5-9,11-12H,3-4H2,1-2H3,(H2,13,14,15)(H,16,17,18)/t5-,6-,7?,8?,9+,10?/m0/s1. The van der Waals surface area contributed by atoms with Gasteiger partial charge in [0.05, 0.1) is 6.10 Å². The molecule has 1 saturated carbocycles. The quantitative estimate of drug-likeness (QED) is 0.337. The highest BCUT2D eigenvalue weighted by Crippen LogP contribution is 2.64. The van der Waals surface area contributed by atoms with Crippen molar-refractivity contribution in [2.45, 2.75) is 49.4 Å². The first-order chi connectivity index (χ1) is 8.91. The third-order valence-corrected chi connectivity index (χ3v) is 8.95. The molecule has 6 atom stereocenters. The van der Waals surface area contributed by atoms with Crippen molar-refractivity contribution in [3.8, 4) is 0 Å². The van der Waals surface area contributed by atoms with Gasteiger partial charge in [-0.15, -0.1) is 0 Å². The topological polar surface area (TPSA) is 144 Å². The van der Waals surface area contributed by atoms with Gasteiger partial charge in [-0.05, 0) is 31.6 Å². The Kier molecular flexibility index (Phi) is 3.88. The van der Waals surface area contributed by atoms with Crippen molar-refractivity contribution >= 4 is 17.7 Å². The highest BCUT2D eigenvalue weighted by Gasteiger charge is 2.65. The summed E-state index contributed by atoms with van der Waals surface area (Å²) in [6.07, 6.45) is -1.45. The van der Waals surface area contributed by atoms with Crippen LogP contribution in [0.4, 0.5) is 0 Å². The molecule has 1 aliphatic heterocycles. The van der Waals surface area contributed by atoms with E-state index in [1.54, 1.807) is 13.8 Å². The van der Waals surface area contributed by atoms with E-state index in [-0.39, 0.29) is 24.8 Å². The lowest BCUT2D eigenvalue weighted by atomic mass is 9.79. The molecule has 0 spiro atoms. The normalized spacial score (nSPS) is 46.2. The van der Waals surface area contributed by atoms with E-state index in [9.17, 15) is 32.4 Å². The van der Waals surface area contributed by atoms with Crippen LogP contribution in [0.1, 0.15) is 26.7 Å². The fraction of sp³-hybridized carbons (Fsp3) is 1.00. The van der Waals surface area contributed by atoms with Gasteiger partial charge in [0.2, 0.25) is 0 Å². The lowest BCUT2D eigenvalue weighted by Crippen LogP contribution is -2.55. The molecule has 2 fully saturated rings. The number of aliphatic hydroxyl groups excluding tert-OH is 1. The SMILES string of the molecule is C[C@@H]1NC2CC(P(=O)(O)O)(S(=O)(=O)O)CC2[C@H](C)[C@H]1O. The monoisotopic (exact) mass is 329 g/mol. The number of rotatable bonds is 2. The predicted molar refractivity (Wildman–Crippen MR) is 70.6 cm³/mol. The van der Waals surface area contributed by atoms with Gasteiger partial charge >= 0.3 is 7.60 Å². The van der Waals surface area contributed by atoms with Crippen molar-refractivity contribution in [3.63, 3.8) is 0 Å². The lowest BCUT2D eigenvalue weighted by molar-refractivity contribution is 0.0101. The van der Waals surface area contributed by atoms with E-state index < -0.39 is 40.3 Å². The van der Waals surface area contributed by atoms with E-state index in [1.807, 2.05) is 0 Å². The minimum atomic E-state index is -5.06.